The predicted octanol–water partition coefficient (Wildman–Crippen LogP) is 3.82. The second-order valence-electron chi connectivity index (χ2n) is 4.49. The van der Waals surface area contributed by atoms with E-state index in [2.05, 4.69) is 37.2 Å². The highest BCUT2D eigenvalue weighted by Gasteiger charge is 2.11. The Balaban J connectivity index is 1.90. The van der Waals surface area contributed by atoms with Crippen LogP contribution in [0.15, 0.2) is 51.4 Å². The molecule has 0 bridgehead atoms. The summed E-state index contributed by atoms with van der Waals surface area (Å²) < 4.78 is 6.51. The number of nitrogens with one attached hydrogen (secondary N) is 1. The Morgan fingerprint density at radius 1 is 1.09 bits per heavy atom. The first-order chi connectivity index (χ1) is 11.0. The third kappa shape index (κ3) is 5.01. The average Bonchev–Trinajstić information content (AvgIpc) is 2.55. The maximum absolute atomic E-state index is 11.8. The highest BCUT2D eigenvalue weighted by molar-refractivity contribution is 9.11. The summed E-state index contributed by atoms with van der Waals surface area (Å²) in [7, 11) is 0. The highest BCUT2D eigenvalue weighted by Crippen LogP contribution is 2.26. The second kappa shape index (κ2) is 8.03. The van der Waals surface area contributed by atoms with Crippen LogP contribution < -0.4 is 5.32 Å². The number of hydrogen-bond donors (Lipinski definition) is 1. The Kier molecular flexibility index (Phi) is 6.06. The van der Waals surface area contributed by atoms with Crippen molar-refractivity contribution in [3.05, 3.63) is 62.5 Å². The molecular formula is C16H11Br2NO4. The highest BCUT2D eigenvalue weighted by atomic mass is 79.9. The van der Waals surface area contributed by atoms with Crippen LogP contribution in [0, 0.1) is 0 Å². The number of halogens is 2. The number of carbonyl (C=O) groups is 3. The number of anilines is 1. The molecule has 0 aliphatic rings. The lowest BCUT2D eigenvalue weighted by molar-refractivity contribution is -0.119. The van der Waals surface area contributed by atoms with Gasteiger partial charge in [0.2, 0.25) is 0 Å². The molecule has 2 aromatic rings. The standard InChI is InChI=1S/C16H11Br2NO4/c17-12-5-6-14(13(18)7-12)19-15(21)9-23-16(22)11-3-1-10(8-20)2-4-11/h1-8H,9H2,(H,19,21). The molecule has 2 aromatic carbocycles. The van der Waals surface area contributed by atoms with Gasteiger partial charge in [0.25, 0.3) is 5.91 Å². The van der Waals surface area contributed by atoms with Crippen molar-refractivity contribution >= 4 is 55.7 Å². The summed E-state index contributed by atoms with van der Waals surface area (Å²) in [4.78, 5) is 34.2. The number of amides is 1. The summed E-state index contributed by atoms with van der Waals surface area (Å²) in [5.74, 6) is -1.08. The molecule has 0 fully saturated rings. The van der Waals surface area contributed by atoms with Gasteiger partial charge in [-0.1, -0.05) is 28.1 Å². The maximum atomic E-state index is 11.8. The van der Waals surface area contributed by atoms with Gasteiger partial charge in [0, 0.05) is 14.5 Å². The van der Waals surface area contributed by atoms with E-state index in [-0.39, 0.29) is 5.56 Å². The van der Waals surface area contributed by atoms with E-state index < -0.39 is 18.5 Å². The van der Waals surface area contributed by atoms with E-state index in [0.29, 0.717) is 22.0 Å². The zero-order valence-corrected chi connectivity index (χ0v) is 14.9. The van der Waals surface area contributed by atoms with Gasteiger partial charge in [-0.3, -0.25) is 9.59 Å². The molecule has 118 valence electrons. The average molecular weight is 441 g/mol. The summed E-state index contributed by atoms with van der Waals surface area (Å²) in [6.45, 7) is -0.406. The molecule has 0 saturated heterocycles. The topological polar surface area (TPSA) is 72.5 Å². The van der Waals surface area contributed by atoms with Crippen molar-refractivity contribution in [1.82, 2.24) is 0 Å². The fourth-order valence-corrected chi connectivity index (χ4v) is 2.84. The second-order valence-corrected chi connectivity index (χ2v) is 6.26. The van der Waals surface area contributed by atoms with E-state index in [1.165, 1.54) is 24.3 Å². The third-order valence-electron chi connectivity index (χ3n) is 2.82. The number of carbonyl (C=O) groups excluding carboxylic acids is 3. The molecule has 0 radical (unpaired) electrons. The quantitative estimate of drug-likeness (QED) is 0.566. The van der Waals surface area contributed by atoms with Crippen LogP contribution in [0.3, 0.4) is 0 Å². The van der Waals surface area contributed by atoms with Crippen molar-refractivity contribution in [3.8, 4) is 0 Å². The van der Waals surface area contributed by atoms with Crippen molar-refractivity contribution in [2.24, 2.45) is 0 Å². The van der Waals surface area contributed by atoms with Crippen LogP contribution in [0.5, 0.6) is 0 Å². The van der Waals surface area contributed by atoms with Gasteiger partial charge in [-0.15, -0.1) is 0 Å². The summed E-state index contributed by atoms with van der Waals surface area (Å²) >= 11 is 6.64. The Hall–Kier alpha value is -1.99. The largest absolute Gasteiger partial charge is 0.452 e. The maximum Gasteiger partial charge on any atom is 0.338 e. The van der Waals surface area contributed by atoms with Crippen LogP contribution in [-0.2, 0) is 9.53 Å². The monoisotopic (exact) mass is 439 g/mol. The van der Waals surface area contributed by atoms with Crippen LogP contribution in [0.2, 0.25) is 0 Å². The lowest BCUT2D eigenvalue weighted by atomic mass is 10.1. The smallest absolute Gasteiger partial charge is 0.338 e. The minimum atomic E-state index is -0.632. The minimum Gasteiger partial charge on any atom is -0.452 e. The van der Waals surface area contributed by atoms with Gasteiger partial charge in [0.05, 0.1) is 11.3 Å². The van der Waals surface area contributed by atoms with Crippen LogP contribution in [0.1, 0.15) is 20.7 Å². The van der Waals surface area contributed by atoms with Gasteiger partial charge in [-0.2, -0.15) is 0 Å². The van der Waals surface area contributed by atoms with Gasteiger partial charge < -0.3 is 10.1 Å². The van der Waals surface area contributed by atoms with Crippen LogP contribution >= 0.6 is 31.9 Å². The van der Waals surface area contributed by atoms with Gasteiger partial charge in [0.1, 0.15) is 6.29 Å². The molecule has 0 saturated carbocycles. The van der Waals surface area contributed by atoms with Crippen LogP contribution in [-0.4, -0.2) is 24.8 Å². The first kappa shape index (κ1) is 17.4. The van der Waals surface area contributed by atoms with Crippen molar-refractivity contribution < 1.29 is 19.1 Å². The molecule has 1 N–H and O–H groups in total. The Morgan fingerprint density at radius 3 is 2.39 bits per heavy atom. The van der Waals surface area contributed by atoms with E-state index in [0.717, 1.165) is 4.47 Å². The summed E-state index contributed by atoms with van der Waals surface area (Å²) in [5.41, 5.74) is 1.30. The molecule has 0 atom stereocenters. The van der Waals surface area contributed by atoms with Gasteiger partial charge in [0.15, 0.2) is 6.61 Å². The molecule has 0 spiro atoms. The number of aldehydes is 1. The number of benzene rings is 2. The molecule has 0 aliphatic carbocycles. The van der Waals surface area contributed by atoms with Crippen LogP contribution in [0.4, 0.5) is 5.69 Å². The lowest BCUT2D eigenvalue weighted by Crippen LogP contribution is -2.21. The van der Waals surface area contributed by atoms with E-state index in [9.17, 15) is 14.4 Å². The van der Waals surface area contributed by atoms with Gasteiger partial charge in [-0.25, -0.2) is 4.79 Å². The number of rotatable bonds is 5. The fraction of sp³-hybridized carbons (Fsp3) is 0.0625. The molecule has 7 heteroatoms. The molecule has 0 aromatic heterocycles. The number of hydrogen-bond acceptors (Lipinski definition) is 4. The molecule has 0 aliphatic heterocycles. The van der Waals surface area contributed by atoms with Crippen molar-refractivity contribution in [2.45, 2.75) is 0 Å². The first-order valence-electron chi connectivity index (χ1n) is 6.47. The van der Waals surface area contributed by atoms with Gasteiger partial charge in [-0.05, 0) is 46.3 Å². The van der Waals surface area contributed by atoms with Gasteiger partial charge >= 0.3 is 5.97 Å². The fourth-order valence-electron chi connectivity index (χ4n) is 1.69. The molecular weight excluding hydrogens is 430 g/mol. The third-order valence-corrected chi connectivity index (χ3v) is 3.97. The molecule has 2 rings (SSSR count). The summed E-state index contributed by atoms with van der Waals surface area (Å²) in [6.07, 6.45) is 0.679. The Bertz CT molecular complexity index is 744. The van der Waals surface area contributed by atoms with Crippen molar-refractivity contribution in [2.75, 3.05) is 11.9 Å². The van der Waals surface area contributed by atoms with Crippen LogP contribution in [0.25, 0.3) is 0 Å². The SMILES string of the molecule is O=Cc1ccc(C(=O)OCC(=O)Nc2ccc(Br)cc2Br)cc1. The Labute approximate surface area is 149 Å². The zero-order chi connectivity index (χ0) is 16.8. The predicted molar refractivity (Wildman–Crippen MR) is 92.6 cm³/mol. The Morgan fingerprint density at radius 2 is 1.78 bits per heavy atom. The normalized spacial score (nSPS) is 10.0. The first-order valence-corrected chi connectivity index (χ1v) is 8.05. The molecule has 1 amide bonds. The van der Waals surface area contributed by atoms with E-state index in [4.69, 9.17) is 4.74 Å². The molecule has 5 nitrogen and oxygen atoms in total. The molecule has 0 heterocycles. The molecule has 23 heavy (non-hydrogen) atoms. The number of esters is 1. The summed E-state index contributed by atoms with van der Waals surface area (Å²) in [5, 5.41) is 2.63. The van der Waals surface area contributed by atoms with Crippen molar-refractivity contribution in [3.63, 3.8) is 0 Å². The number of ether oxygens (including phenoxy) is 1. The van der Waals surface area contributed by atoms with E-state index in [1.54, 1.807) is 18.2 Å². The molecule has 0 unspecified atom stereocenters. The van der Waals surface area contributed by atoms with Crippen molar-refractivity contribution in [1.29, 1.82) is 0 Å². The minimum absolute atomic E-state index is 0.272. The summed E-state index contributed by atoms with van der Waals surface area (Å²) in [6, 6.07) is 11.2. The zero-order valence-electron chi connectivity index (χ0n) is 11.7. The lowest BCUT2D eigenvalue weighted by Gasteiger charge is -2.08. The van der Waals surface area contributed by atoms with E-state index >= 15 is 0 Å². The van der Waals surface area contributed by atoms with E-state index in [1.807, 2.05) is 0 Å².